The summed E-state index contributed by atoms with van der Waals surface area (Å²) < 4.78 is 0. The van der Waals surface area contributed by atoms with Crippen LogP contribution in [0.5, 0.6) is 0 Å². The van der Waals surface area contributed by atoms with Gasteiger partial charge in [-0.3, -0.25) is 0 Å². The molecule has 1 heterocycles. The van der Waals surface area contributed by atoms with E-state index in [0.29, 0.717) is 5.25 Å². The van der Waals surface area contributed by atoms with Gasteiger partial charge in [-0.1, -0.05) is 21.6 Å². The first-order valence-electron chi connectivity index (χ1n) is 5.25. The SMILES string of the molecule is O/C=C(/CO)C12CCC(C1)C1SSSC12. The van der Waals surface area contributed by atoms with Gasteiger partial charge in [0.25, 0.3) is 0 Å². The smallest absolute Gasteiger partial charge is 0.0812 e. The Balaban J connectivity index is 1.97. The van der Waals surface area contributed by atoms with Crippen molar-refractivity contribution in [2.45, 2.75) is 29.8 Å². The van der Waals surface area contributed by atoms with Crippen LogP contribution in [0.1, 0.15) is 19.3 Å². The Morgan fingerprint density at radius 2 is 2.33 bits per heavy atom. The molecule has 3 aliphatic rings. The van der Waals surface area contributed by atoms with Crippen molar-refractivity contribution in [2.75, 3.05) is 6.61 Å². The Bertz CT molecular complexity index is 307. The Labute approximate surface area is 101 Å². The average molecular weight is 262 g/mol. The Kier molecular flexibility index (Phi) is 2.70. The quantitative estimate of drug-likeness (QED) is 0.591. The molecule has 1 aliphatic heterocycles. The van der Waals surface area contributed by atoms with Gasteiger partial charge in [0.05, 0.1) is 12.9 Å². The lowest BCUT2D eigenvalue weighted by Crippen LogP contribution is -2.35. The lowest BCUT2D eigenvalue weighted by atomic mass is 9.77. The van der Waals surface area contributed by atoms with E-state index in [0.717, 1.165) is 23.2 Å². The van der Waals surface area contributed by atoms with Crippen LogP contribution in [0, 0.1) is 11.3 Å². The number of rotatable bonds is 2. The first kappa shape index (κ1) is 10.7. The van der Waals surface area contributed by atoms with Crippen LogP contribution in [-0.2, 0) is 0 Å². The van der Waals surface area contributed by atoms with E-state index in [1.807, 2.05) is 31.4 Å². The summed E-state index contributed by atoms with van der Waals surface area (Å²) in [5.74, 6) is 0.809. The van der Waals surface area contributed by atoms with Crippen LogP contribution in [0.25, 0.3) is 0 Å². The molecule has 2 saturated carbocycles. The molecular weight excluding hydrogens is 248 g/mol. The first-order chi connectivity index (χ1) is 7.31. The summed E-state index contributed by atoms with van der Waals surface area (Å²) in [4.78, 5) is 0. The number of aliphatic hydroxyl groups excluding tert-OH is 2. The van der Waals surface area contributed by atoms with Gasteiger partial charge in [0.2, 0.25) is 0 Å². The number of hydrogen-bond donors (Lipinski definition) is 2. The fraction of sp³-hybridized carbons (Fsp3) is 0.800. The van der Waals surface area contributed by atoms with Crippen molar-refractivity contribution in [2.24, 2.45) is 11.3 Å². The minimum atomic E-state index is 0.0162. The van der Waals surface area contributed by atoms with Crippen LogP contribution in [0.2, 0.25) is 0 Å². The van der Waals surface area contributed by atoms with Crippen LogP contribution < -0.4 is 0 Å². The van der Waals surface area contributed by atoms with Gasteiger partial charge in [0, 0.05) is 15.9 Å². The van der Waals surface area contributed by atoms with E-state index in [-0.39, 0.29) is 12.0 Å². The normalized spacial score (nSPS) is 48.6. The molecule has 0 radical (unpaired) electrons. The van der Waals surface area contributed by atoms with Gasteiger partial charge < -0.3 is 10.2 Å². The third-order valence-electron chi connectivity index (χ3n) is 4.15. The van der Waals surface area contributed by atoms with Crippen molar-refractivity contribution in [3.8, 4) is 0 Å². The second-order valence-corrected chi connectivity index (χ2v) is 8.98. The van der Waals surface area contributed by atoms with Crippen molar-refractivity contribution in [1.82, 2.24) is 0 Å². The average Bonchev–Trinajstić information content (AvgIpc) is 2.91. The van der Waals surface area contributed by atoms with Crippen LogP contribution in [-0.4, -0.2) is 27.3 Å². The van der Waals surface area contributed by atoms with Crippen molar-refractivity contribution < 1.29 is 10.2 Å². The lowest BCUT2D eigenvalue weighted by Gasteiger charge is -2.35. The maximum Gasteiger partial charge on any atom is 0.0812 e. The van der Waals surface area contributed by atoms with Crippen LogP contribution in [0.3, 0.4) is 0 Å². The summed E-state index contributed by atoms with van der Waals surface area (Å²) in [7, 11) is 5.85. The molecule has 0 aromatic carbocycles. The highest BCUT2D eigenvalue weighted by atomic mass is 33.5. The van der Waals surface area contributed by atoms with E-state index in [1.165, 1.54) is 19.1 Å². The summed E-state index contributed by atoms with van der Waals surface area (Å²) in [6.45, 7) is 0.0162. The molecule has 4 unspecified atom stereocenters. The number of fused-ring (bicyclic) bond motifs is 5. The van der Waals surface area contributed by atoms with Gasteiger partial charge in [0.15, 0.2) is 0 Å². The van der Waals surface area contributed by atoms with E-state index >= 15 is 0 Å². The molecule has 5 heteroatoms. The molecule has 0 spiro atoms. The summed E-state index contributed by atoms with van der Waals surface area (Å²) >= 11 is 0. The van der Waals surface area contributed by atoms with Gasteiger partial charge >= 0.3 is 0 Å². The maximum absolute atomic E-state index is 9.37. The standard InChI is InChI=1S/C10H14O2S3/c11-4-7(5-12)10-2-1-6(3-10)8-9(10)14-15-13-8/h4,6,8-9,11-12H,1-3,5H2/b7-4-. The van der Waals surface area contributed by atoms with Crippen molar-refractivity contribution >= 4 is 31.4 Å². The Morgan fingerprint density at radius 1 is 1.47 bits per heavy atom. The molecule has 2 N–H and O–H groups in total. The fourth-order valence-electron chi connectivity index (χ4n) is 3.40. The number of aliphatic hydroxyl groups is 2. The van der Waals surface area contributed by atoms with E-state index in [4.69, 9.17) is 0 Å². The molecule has 84 valence electrons. The van der Waals surface area contributed by atoms with E-state index in [1.54, 1.807) is 0 Å². The van der Waals surface area contributed by atoms with E-state index in [2.05, 4.69) is 0 Å². The highest BCUT2D eigenvalue weighted by molar-refractivity contribution is 9.11. The molecule has 3 rings (SSSR count). The Hall–Kier alpha value is 0.550. The zero-order valence-corrected chi connectivity index (χ0v) is 10.7. The summed E-state index contributed by atoms with van der Waals surface area (Å²) in [5.41, 5.74) is 0.980. The van der Waals surface area contributed by atoms with Crippen LogP contribution in [0.4, 0.5) is 0 Å². The van der Waals surface area contributed by atoms with Gasteiger partial charge in [-0.05, 0) is 40.6 Å². The predicted molar refractivity (Wildman–Crippen MR) is 67.9 cm³/mol. The molecule has 3 fully saturated rings. The summed E-state index contributed by atoms with van der Waals surface area (Å²) in [6.07, 6.45) is 4.77. The molecule has 2 nitrogen and oxygen atoms in total. The molecule has 2 bridgehead atoms. The third-order valence-corrected chi connectivity index (χ3v) is 9.49. The molecule has 0 aromatic heterocycles. The molecule has 2 aliphatic carbocycles. The molecule has 4 atom stereocenters. The highest BCUT2D eigenvalue weighted by Crippen LogP contribution is 2.72. The molecule has 0 amide bonds. The zero-order chi connectivity index (χ0) is 10.5. The lowest BCUT2D eigenvalue weighted by molar-refractivity contribution is 0.259. The van der Waals surface area contributed by atoms with E-state index in [9.17, 15) is 10.2 Å². The zero-order valence-electron chi connectivity index (χ0n) is 8.26. The number of hydrogen-bond acceptors (Lipinski definition) is 5. The fourth-order valence-corrected chi connectivity index (χ4v) is 10.4. The van der Waals surface area contributed by atoms with Crippen LogP contribution in [0.15, 0.2) is 11.8 Å². The monoisotopic (exact) mass is 262 g/mol. The summed E-state index contributed by atoms with van der Waals surface area (Å²) in [6, 6.07) is 0. The topological polar surface area (TPSA) is 40.5 Å². The van der Waals surface area contributed by atoms with Gasteiger partial charge in [-0.2, -0.15) is 0 Å². The van der Waals surface area contributed by atoms with Crippen LogP contribution >= 0.6 is 31.4 Å². The van der Waals surface area contributed by atoms with Gasteiger partial charge in [0.1, 0.15) is 0 Å². The Morgan fingerprint density at radius 3 is 3.07 bits per heavy atom. The van der Waals surface area contributed by atoms with Gasteiger partial charge in [-0.25, -0.2) is 0 Å². The molecular formula is C10H14O2S3. The second-order valence-electron chi connectivity index (χ2n) is 4.62. The molecule has 15 heavy (non-hydrogen) atoms. The van der Waals surface area contributed by atoms with Crippen molar-refractivity contribution in [3.05, 3.63) is 11.8 Å². The van der Waals surface area contributed by atoms with Crippen molar-refractivity contribution in [1.29, 1.82) is 0 Å². The molecule has 0 aromatic rings. The van der Waals surface area contributed by atoms with Crippen molar-refractivity contribution in [3.63, 3.8) is 0 Å². The minimum Gasteiger partial charge on any atom is -0.516 e. The first-order valence-corrected chi connectivity index (χ1v) is 8.86. The minimum absolute atomic E-state index is 0.0162. The second kappa shape index (κ2) is 3.79. The predicted octanol–water partition coefficient (Wildman–Crippen LogP) is 3.00. The van der Waals surface area contributed by atoms with E-state index < -0.39 is 0 Å². The summed E-state index contributed by atoms with van der Waals surface area (Å²) in [5, 5.41) is 20.0. The molecule has 1 saturated heterocycles. The third kappa shape index (κ3) is 1.33. The highest BCUT2D eigenvalue weighted by Gasteiger charge is 2.61. The van der Waals surface area contributed by atoms with Gasteiger partial charge in [-0.15, -0.1) is 0 Å². The maximum atomic E-state index is 9.37. The largest absolute Gasteiger partial charge is 0.516 e.